The lowest BCUT2D eigenvalue weighted by atomic mass is 9.96. The molecule has 0 bridgehead atoms. The van der Waals surface area contributed by atoms with Crippen LogP contribution in [0.15, 0.2) is 48.8 Å². The third kappa shape index (κ3) is 5.20. The number of hydrogen-bond acceptors (Lipinski definition) is 6. The van der Waals surface area contributed by atoms with Gasteiger partial charge in [-0.15, -0.1) is 0 Å². The van der Waals surface area contributed by atoms with Gasteiger partial charge in [0.15, 0.2) is 0 Å². The van der Waals surface area contributed by atoms with Crippen LogP contribution >= 0.6 is 0 Å². The number of anilines is 1. The molecule has 0 aliphatic carbocycles. The predicted molar refractivity (Wildman–Crippen MR) is 131 cm³/mol. The van der Waals surface area contributed by atoms with Gasteiger partial charge in [0, 0.05) is 37.0 Å². The van der Waals surface area contributed by atoms with Crippen LogP contribution in [0.5, 0.6) is 0 Å². The van der Waals surface area contributed by atoms with Gasteiger partial charge in [0.2, 0.25) is 5.95 Å². The van der Waals surface area contributed by atoms with Crippen molar-refractivity contribution < 1.29 is 12.8 Å². The summed E-state index contributed by atoms with van der Waals surface area (Å²) in [6, 6.07) is 11.3. The maximum absolute atomic E-state index is 14.4. The molecule has 176 valence electrons. The first-order chi connectivity index (χ1) is 16.5. The van der Waals surface area contributed by atoms with Gasteiger partial charge in [-0.1, -0.05) is 25.1 Å². The van der Waals surface area contributed by atoms with Crippen LogP contribution in [0.4, 0.5) is 10.3 Å². The van der Waals surface area contributed by atoms with E-state index in [-0.39, 0.29) is 5.82 Å². The average Bonchev–Trinajstić information content (AvgIpc) is 3.28. The molecule has 7 nitrogen and oxygen atoms in total. The second-order valence-corrected chi connectivity index (χ2v) is 8.55. The van der Waals surface area contributed by atoms with E-state index < -0.39 is 11.6 Å². The standard InChI is InChI=1S/C25H26FN5.O2S/c1-3-17-14-27-25(28-15-17)31-10-8-18(9-11-31)24-29-22-7-5-19(13-23(22)30-24)20-6-4-16(2)12-21(20)26;1-3-2/h4-7,12-15,18H,3,8-11H2,1-2H3,(H,29,30);. The van der Waals surface area contributed by atoms with Crippen molar-refractivity contribution in [3.63, 3.8) is 0 Å². The Labute approximate surface area is 201 Å². The maximum atomic E-state index is 14.4. The second kappa shape index (κ2) is 10.6. The third-order valence-electron chi connectivity index (χ3n) is 6.20. The molecule has 3 heterocycles. The lowest BCUT2D eigenvalue weighted by Gasteiger charge is -2.31. The van der Waals surface area contributed by atoms with E-state index in [0.29, 0.717) is 11.5 Å². The average molecular weight is 480 g/mol. The monoisotopic (exact) mass is 479 g/mol. The number of halogens is 1. The molecule has 9 heteroatoms. The largest absolute Gasteiger partial charge is 0.342 e. The number of H-pyrrole nitrogens is 1. The van der Waals surface area contributed by atoms with Crippen molar-refractivity contribution in [3.05, 3.63) is 71.6 Å². The summed E-state index contributed by atoms with van der Waals surface area (Å²) in [6.45, 7) is 5.83. The van der Waals surface area contributed by atoms with Crippen LogP contribution in [0.2, 0.25) is 0 Å². The molecule has 2 aromatic carbocycles. The molecule has 34 heavy (non-hydrogen) atoms. The number of nitrogens with one attached hydrogen (secondary N) is 1. The molecule has 1 saturated heterocycles. The van der Waals surface area contributed by atoms with Crippen LogP contribution in [0.3, 0.4) is 0 Å². The highest BCUT2D eigenvalue weighted by Crippen LogP contribution is 2.31. The SMILES string of the molecule is CCc1cnc(N2CCC(c3nc4ccc(-c5ccc(C)cc5F)cc4[nH]3)CC2)nc1.O=S=O. The molecule has 0 radical (unpaired) electrons. The van der Waals surface area contributed by atoms with E-state index in [1.165, 1.54) is 0 Å². The molecular weight excluding hydrogens is 453 g/mol. The highest BCUT2D eigenvalue weighted by molar-refractivity contribution is 7.51. The summed E-state index contributed by atoms with van der Waals surface area (Å²) in [4.78, 5) is 19.6. The molecule has 0 atom stereocenters. The van der Waals surface area contributed by atoms with E-state index in [1.54, 1.807) is 6.07 Å². The zero-order valence-corrected chi connectivity index (χ0v) is 19.9. The number of aromatic amines is 1. The Morgan fingerprint density at radius 3 is 2.44 bits per heavy atom. The Bertz CT molecular complexity index is 1310. The van der Waals surface area contributed by atoms with Gasteiger partial charge in [-0.3, -0.25) is 0 Å². The van der Waals surface area contributed by atoms with Crippen LogP contribution in [-0.4, -0.2) is 41.4 Å². The molecule has 1 aliphatic heterocycles. The first-order valence-corrected chi connectivity index (χ1v) is 11.9. The van der Waals surface area contributed by atoms with E-state index in [2.05, 4.69) is 26.8 Å². The number of hydrogen-bond donors (Lipinski definition) is 1. The van der Waals surface area contributed by atoms with E-state index in [1.807, 2.05) is 49.6 Å². The van der Waals surface area contributed by atoms with Crippen molar-refractivity contribution in [2.45, 2.75) is 39.0 Å². The Hall–Kier alpha value is -3.46. The minimum Gasteiger partial charge on any atom is -0.342 e. The minimum atomic E-state index is -0.750. The highest BCUT2D eigenvalue weighted by atomic mass is 32.1. The normalized spacial score (nSPS) is 14.0. The zero-order valence-electron chi connectivity index (χ0n) is 19.1. The number of aromatic nitrogens is 4. The fraction of sp³-hybridized carbons (Fsp3) is 0.320. The van der Waals surface area contributed by atoms with Crippen LogP contribution < -0.4 is 4.90 Å². The van der Waals surface area contributed by atoms with Gasteiger partial charge in [-0.2, -0.15) is 8.42 Å². The Morgan fingerprint density at radius 2 is 1.79 bits per heavy atom. The number of imidazole rings is 1. The predicted octanol–water partition coefficient (Wildman–Crippen LogP) is 4.74. The van der Waals surface area contributed by atoms with Gasteiger partial charge in [-0.25, -0.2) is 19.3 Å². The third-order valence-corrected chi connectivity index (χ3v) is 6.20. The van der Waals surface area contributed by atoms with Crippen molar-refractivity contribution in [2.24, 2.45) is 0 Å². The second-order valence-electron chi connectivity index (χ2n) is 8.41. The van der Waals surface area contributed by atoms with E-state index >= 15 is 0 Å². The number of nitrogens with zero attached hydrogens (tertiary/aromatic N) is 4. The fourth-order valence-corrected chi connectivity index (χ4v) is 4.29. The van der Waals surface area contributed by atoms with Crippen molar-refractivity contribution in [1.29, 1.82) is 0 Å². The molecule has 0 amide bonds. The molecular formula is C25H26FN5O2S. The summed E-state index contributed by atoms with van der Waals surface area (Å²) in [7, 11) is 0. The van der Waals surface area contributed by atoms with Crippen LogP contribution in [0.25, 0.3) is 22.2 Å². The first-order valence-electron chi connectivity index (χ1n) is 11.3. The smallest absolute Gasteiger partial charge is 0.335 e. The molecule has 4 aromatic rings. The van der Waals surface area contributed by atoms with Gasteiger partial charge < -0.3 is 9.88 Å². The molecule has 1 fully saturated rings. The van der Waals surface area contributed by atoms with Gasteiger partial charge >= 0.3 is 11.6 Å². The van der Waals surface area contributed by atoms with Crippen molar-refractivity contribution >= 4 is 28.6 Å². The van der Waals surface area contributed by atoms with Crippen LogP contribution in [-0.2, 0) is 18.0 Å². The maximum Gasteiger partial charge on any atom is 0.335 e. The van der Waals surface area contributed by atoms with Crippen LogP contribution in [0.1, 0.15) is 42.6 Å². The summed E-state index contributed by atoms with van der Waals surface area (Å²) >= 11 is -0.750. The molecule has 0 saturated carbocycles. The lowest BCUT2D eigenvalue weighted by molar-refractivity contribution is 0.484. The lowest BCUT2D eigenvalue weighted by Crippen LogP contribution is -2.34. The topological polar surface area (TPSA) is 91.8 Å². The Morgan fingerprint density at radius 1 is 1.09 bits per heavy atom. The van der Waals surface area contributed by atoms with Gasteiger partial charge in [0.1, 0.15) is 11.6 Å². The zero-order chi connectivity index (χ0) is 24.1. The van der Waals surface area contributed by atoms with Gasteiger partial charge in [0.25, 0.3) is 0 Å². The summed E-state index contributed by atoms with van der Waals surface area (Å²) in [5.74, 6) is 2.00. The molecule has 0 unspecified atom stereocenters. The summed E-state index contributed by atoms with van der Waals surface area (Å²) < 4.78 is 31.0. The number of fused-ring (bicyclic) bond motifs is 1. The Kier molecular flexibility index (Phi) is 7.42. The fourth-order valence-electron chi connectivity index (χ4n) is 4.29. The van der Waals surface area contributed by atoms with Gasteiger partial charge in [-0.05, 0) is 61.1 Å². The van der Waals surface area contributed by atoms with Crippen LogP contribution in [0, 0.1) is 12.7 Å². The Balaban J connectivity index is 0.000000868. The first kappa shape index (κ1) is 23.7. The molecule has 2 aromatic heterocycles. The van der Waals surface area contributed by atoms with E-state index in [9.17, 15) is 4.39 Å². The molecule has 5 rings (SSSR count). The number of rotatable bonds is 4. The number of aryl methyl sites for hydroxylation is 2. The summed E-state index contributed by atoms with van der Waals surface area (Å²) in [6.07, 6.45) is 6.78. The molecule has 0 spiro atoms. The quantitative estimate of drug-likeness (QED) is 0.454. The highest BCUT2D eigenvalue weighted by Gasteiger charge is 2.24. The molecule has 1 aliphatic rings. The summed E-state index contributed by atoms with van der Waals surface area (Å²) in [5.41, 5.74) is 5.43. The number of benzene rings is 2. The van der Waals surface area contributed by atoms with Crippen molar-refractivity contribution in [3.8, 4) is 11.1 Å². The van der Waals surface area contributed by atoms with Crippen molar-refractivity contribution in [2.75, 3.05) is 18.0 Å². The number of piperidine rings is 1. The van der Waals surface area contributed by atoms with Gasteiger partial charge in [0.05, 0.1) is 11.0 Å². The molecule has 1 N–H and O–H groups in total. The summed E-state index contributed by atoms with van der Waals surface area (Å²) in [5, 5.41) is 0. The van der Waals surface area contributed by atoms with Crippen molar-refractivity contribution in [1.82, 2.24) is 19.9 Å². The minimum absolute atomic E-state index is 0.194. The van der Waals surface area contributed by atoms with E-state index in [0.717, 1.165) is 71.8 Å². The van der Waals surface area contributed by atoms with E-state index in [4.69, 9.17) is 13.4 Å².